The van der Waals surface area contributed by atoms with E-state index in [1.165, 1.54) is 12.1 Å². The molecule has 0 fully saturated rings. The van der Waals surface area contributed by atoms with Crippen molar-refractivity contribution in [2.24, 2.45) is 0 Å². The van der Waals surface area contributed by atoms with Crippen molar-refractivity contribution < 1.29 is 8.81 Å². The number of oxazole rings is 1. The van der Waals surface area contributed by atoms with Gasteiger partial charge < -0.3 is 4.42 Å². The summed E-state index contributed by atoms with van der Waals surface area (Å²) in [4.78, 5) is 8.37. The number of hydrogen-bond acceptors (Lipinski definition) is 4. The molecule has 0 amide bonds. The molecule has 6 heteroatoms. The fourth-order valence-electron chi connectivity index (χ4n) is 2.39. The van der Waals surface area contributed by atoms with Crippen molar-refractivity contribution in [3.8, 4) is 22.9 Å². The van der Waals surface area contributed by atoms with E-state index in [4.69, 9.17) is 4.42 Å². The van der Waals surface area contributed by atoms with Crippen LogP contribution in [-0.2, 0) is 0 Å². The average molecular weight is 332 g/mol. The predicted molar refractivity (Wildman–Crippen MR) is 92.6 cm³/mol. The molecule has 0 aliphatic rings. The number of benzene rings is 1. The maximum atomic E-state index is 13.0. The molecule has 3 aromatic heterocycles. The van der Waals surface area contributed by atoms with Crippen LogP contribution in [0.1, 0.15) is 11.1 Å². The molecule has 4 aromatic rings. The number of nitrogens with one attached hydrogen (secondary N) is 1. The second kappa shape index (κ2) is 6.52. The Morgan fingerprint density at radius 1 is 1.00 bits per heavy atom. The third-order valence-electron chi connectivity index (χ3n) is 3.66. The summed E-state index contributed by atoms with van der Waals surface area (Å²) in [5.74, 6) is 0.689. The van der Waals surface area contributed by atoms with Gasteiger partial charge in [-0.3, -0.25) is 10.1 Å². The predicted octanol–water partition coefficient (Wildman–Crippen LogP) is 4.44. The van der Waals surface area contributed by atoms with E-state index >= 15 is 0 Å². The molecule has 0 bridgehead atoms. The molecule has 0 saturated carbocycles. The maximum Gasteiger partial charge on any atom is 0.245 e. The third-order valence-corrected chi connectivity index (χ3v) is 3.66. The molecule has 0 aliphatic carbocycles. The molecule has 0 unspecified atom stereocenters. The van der Waals surface area contributed by atoms with Crippen molar-refractivity contribution in [3.05, 3.63) is 78.1 Å². The first-order chi connectivity index (χ1) is 12.3. The molecule has 0 saturated heterocycles. The van der Waals surface area contributed by atoms with Crippen molar-refractivity contribution >= 4 is 12.2 Å². The molecular formula is C19H13FN4O. The van der Waals surface area contributed by atoms with Gasteiger partial charge in [-0.1, -0.05) is 18.2 Å². The van der Waals surface area contributed by atoms with Crippen LogP contribution in [-0.4, -0.2) is 20.2 Å². The highest BCUT2D eigenvalue weighted by atomic mass is 19.1. The summed E-state index contributed by atoms with van der Waals surface area (Å²) in [5.41, 5.74) is 3.26. The first-order valence-electron chi connectivity index (χ1n) is 7.63. The SMILES string of the molecule is Fc1ccc(-c2cnc(-c3[nH]ncc3/C=C/c3cccnc3)o2)cc1. The fourth-order valence-corrected chi connectivity index (χ4v) is 2.39. The van der Waals surface area contributed by atoms with Gasteiger partial charge in [0.1, 0.15) is 11.5 Å². The summed E-state index contributed by atoms with van der Waals surface area (Å²) in [6, 6.07) is 9.90. The minimum atomic E-state index is -0.292. The second-order valence-electron chi connectivity index (χ2n) is 5.36. The number of pyridine rings is 1. The maximum absolute atomic E-state index is 13.0. The number of hydrogen-bond donors (Lipinski definition) is 1. The zero-order valence-electron chi connectivity index (χ0n) is 13.1. The molecule has 1 aromatic carbocycles. The third kappa shape index (κ3) is 3.23. The monoisotopic (exact) mass is 332 g/mol. The Morgan fingerprint density at radius 2 is 1.88 bits per heavy atom. The van der Waals surface area contributed by atoms with Crippen molar-refractivity contribution in [1.82, 2.24) is 20.2 Å². The van der Waals surface area contributed by atoms with Crippen LogP contribution in [0.3, 0.4) is 0 Å². The van der Waals surface area contributed by atoms with E-state index in [1.807, 2.05) is 24.3 Å². The zero-order chi connectivity index (χ0) is 17.1. The Hall–Kier alpha value is -3.54. The highest BCUT2D eigenvalue weighted by Crippen LogP contribution is 2.27. The van der Waals surface area contributed by atoms with E-state index in [9.17, 15) is 4.39 Å². The number of aromatic amines is 1. The van der Waals surface area contributed by atoms with Crippen molar-refractivity contribution in [2.75, 3.05) is 0 Å². The lowest BCUT2D eigenvalue weighted by molar-refractivity contribution is 0.585. The van der Waals surface area contributed by atoms with Gasteiger partial charge in [0, 0.05) is 23.5 Å². The van der Waals surface area contributed by atoms with Gasteiger partial charge in [0.25, 0.3) is 0 Å². The summed E-state index contributed by atoms with van der Waals surface area (Å²) < 4.78 is 18.8. The normalized spacial score (nSPS) is 11.2. The molecule has 4 rings (SSSR count). The van der Waals surface area contributed by atoms with E-state index in [2.05, 4.69) is 20.2 Å². The van der Waals surface area contributed by atoms with Crippen molar-refractivity contribution in [1.29, 1.82) is 0 Å². The highest BCUT2D eigenvalue weighted by Gasteiger charge is 2.13. The summed E-state index contributed by atoms with van der Waals surface area (Å²) >= 11 is 0. The summed E-state index contributed by atoms with van der Waals surface area (Å²) in [5, 5.41) is 6.96. The van der Waals surface area contributed by atoms with Gasteiger partial charge in [0.2, 0.25) is 5.89 Å². The molecule has 0 spiro atoms. The van der Waals surface area contributed by atoms with Crippen LogP contribution in [0.4, 0.5) is 4.39 Å². The Balaban J connectivity index is 1.62. The molecule has 0 aliphatic heterocycles. The van der Waals surface area contributed by atoms with E-state index in [0.717, 1.165) is 16.7 Å². The summed E-state index contributed by atoms with van der Waals surface area (Å²) in [6.45, 7) is 0. The van der Waals surface area contributed by atoms with E-state index < -0.39 is 0 Å². The summed E-state index contributed by atoms with van der Waals surface area (Å²) in [7, 11) is 0. The van der Waals surface area contributed by atoms with Gasteiger partial charge in [-0.05, 0) is 35.9 Å². The zero-order valence-corrected chi connectivity index (χ0v) is 13.1. The Kier molecular flexibility index (Phi) is 3.92. The van der Waals surface area contributed by atoms with Crippen LogP contribution in [0.25, 0.3) is 35.1 Å². The van der Waals surface area contributed by atoms with Crippen LogP contribution < -0.4 is 0 Å². The van der Waals surface area contributed by atoms with E-state index in [-0.39, 0.29) is 5.82 Å². The largest absolute Gasteiger partial charge is 0.435 e. The van der Waals surface area contributed by atoms with Crippen LogP contribution in [0.15, 0.2) is 65.6 Å². The molecule has 0 radical (unpaired) electrons. The number of aromatic nitrogens is 4. The first-order valence-corrected chi connectivity index (χ1v) is 7.63. The highest BCUT2D eigenvalue weighted by molar-refractivity contribution is 5.76. The molecule has 1 N–H and O–H groups in total. The van der Waals surface area contributed by atoms with Crippen LogP contribution in [0, 0.1) is 5.82 Å². The number of rotatable bonds is 4. The number of halogens is 1. The molecule has 5 nitrogen and oxygen atoms in total. The average Bonchev–Trinajstić information content (AvgIpc) is 3.30. The smallest absolute Gasteiger partial charge is 0.245 e. The topological polar surface area (TPSA) is 67.6 Å². The van der Waals surface area contributed by atoms with Gasteiger partial charge in [-0.15, -0.1) is 0 Å². The van der Waals surface area contributed by atoms with Gasteiger partial charge in [0.05, 0.1) is 12.4 Å². The molecule has 122 valence electrons. The standard InChI is InChI=1S/C19H13FN4O/c20-16-7-5-14(6-8-16)17-12-22-19(25-17)18-15(11-23-24-18)4-3-13-2-1-9-21-10-13/h1-12H,(H,23,24)/b4-3+. The van der Waals surface area contributed by atoms with Gasteiger partial charge in [-0.25, -0.2) is 9.37 Å². The Labute approximate surface area is 142 Å². The lowest BCUT2D eigenvalue weighted by atomic mass is 10.2. The number of nitrogens with zero attached hydrogens (tertiary/aromatic N) is 3. The lowest BCUT2D eigenvalue weighted by Gasteiger charge is -1.96. The molecule has 0 atom stereocenters. The van der Waals surface area contributed by atoms with Crippen LogP contribution in [0.5, 0.6) is 0 Å². The minimum Gasteiger partial charge on any atom is -0.435 e. The van der Waals surface area contributed by atoms with Crippen molar-refractivity contribution in [2.45, 2.75) is 0 Å². The summed E-state index contributed by atoms with van der Waals surface area (Å²) in [6.07, 6.45) is 10.7. The molecule has 25 heavy (non-hydrogen) atoms. The van der Waals surface area contributed by atoms with Gasteiger partial charge >= 0.3 is 0 Å². The first kappa shape index (κ1) is 15.0. The minimum absolute atomic E-state index is 0.292. The number of H-pyrrole nitrogens is 1. The lowest BCUT2D eigenvalue weighted by Crippen LogP contribution is -1.80. The van der Waals surface area contributed by atoms with E-state index in [0.29, 0.717) is 17.3 Å². The molecule has 3 heterocycles. The molecular weight excluding hydrogens is 319 g/mol. The van der Waals surface area contributed by atoms with Gasteiger partial charge in [-0.2, -0.15) is 5.10 Å². The Morgan fingerprint density at radius 3 is 2.68 bits per heavy atom. The second-order valence-corrected chi connectivity index (χ2v) is 5.36. The van der Waals surface area contributed by atoms with Crippen molar-refractivity contribution in [3.63, 3.8) is 0 Å². The van der Waals surface area contributed by atoms with Crippen LogP contribution in [0.2, 0.25) is 0 Å². The van der Waals surface area contributed by atoms with Crippen LogP contribution >= 0.6 is 0 Å². The van der Waals surface area contributed by atoms with E-state index in [1.54, 1.807) is 36.9 Å². The fraction of sp³-hybridized carbons (Fsp3) is 0. The van der Waals surface area contributed by atoms with Gasteiger partial charge in [0.15, 0.2) is 5.76 Å². The Bertz CT molecular complexity index is 1000. The quantitative estimate of drug-likeness (QED) is 0.600.